The molecule has 2 aromatic rings. The van der Waals surface area contributed by atoms with Crippen LogP contribution in [-0.4, -0.2) is 21.8 Å². The molecule has 140 valence electrons. The summed E-state index contributed by atoms with van der Waals surface area (Å²) in [6.45, 7) is 2.23. The number of hydrogen-bond donors (Lipinski definition) is 2. The number of aromatic hydroxyl groups is 2. The Labute approximate surface area is 158 Å². The maximum absolute atomic E-state index is 13.0. The molecule has 0 aromatic heterocycles. The SMILES string of the molecule is CCCC1CCC(c2ccc3c(c2)C(=O)c2c(O)ccc(O)c2C3=O)CC1. The smallest absolute Gasteiger partial charge is 0.198 e. The Balaban J connectivity index is 1.68. The van der Waals surface area contributed by atoms with Gasteiger partial charge in [-0.3, -0.25) is 9.59 Å². The third kappa shape index (κ3) is 2.93. The van der Waals surface area contributed by atoms with Crippen LogP contribution < -0.4 is 0 Å². The second-order valence-electron chi connectivity index (χ2n) is 7.82. The fourth-order valence-electron chi connectivity index (χ4n) is 4.70. The molecule has 0 aliphatic heterocycles. The summed E-state index contributed by atoms with van der Waals surface area (Å²) in [6.07, 6.45) is 7.13. The molecule has 2 aliphatic rings. The molecule has 0 bridgehead atoms. The molecule has 1 saturated carbocycles. The lowest BCUT2D eigenvalue weighted by molar-refractivity contribution is 0.0974. The lowest BCUT2D eigenvalue weighted by Gasteiger charge is -2.29. The lowest BCUT2D eigenvalue weighted by Crippen LogP contribution is -2.22. The van der Waals surface area contributed by atoms with Gasteiger partial charge in [0, 0.05) is 11.1 Å². The van der Waals surface area contributed by atoms with Gasteiger partial charge in [0.15, 0.2) is 11.6 Å². The summed E-state index contributed by atoms with van der Waals surface area (Å²) in [4.78, 5) is 25.8. The van der Waals surface area contributed by atoms with Crippen LogP contribution >= 0.6 is 0 Å². The number of ketones is 2. The van der Waals surface area contributed by atoms with Crippen LogP contribution in [0.5, 0.6) is 11.5 Å². The first-order valence-electron chi connectivity index (χ1n) is 9.79. The van der Waals surface area contributed by atoms with Crippen molar-refractivity contribution in [1.29, 1.82) is 0 Å². The quantitative estimate of drug-likeness (QED) is 0.645. The normalized spacial score (nSPS) is 21.7. The molecule has 0 heterocycles. The molecule has 1 fully saturated rings. The summed E-state index contributed by atoms with van der Waals surface area (Å²) in [5.74, 6) is -0.132. The first kappa shape index (κ1) is 17.8. The first-order chi connectivity index (χ1) is 13.0. The maximum Gasteiger partial charge on any atom is 0.198 e. The molecule has 4 heteroatoms. The van der Waals surface area contributed by atoms with Crippen LogP contribution in [0.2, 0.25) is 0 Å². The van der Waals surface area contributed by atoms with E-state index in [4.69, 9.17) is 0 Å². The van der Waals surface area contributed by atoms with Gasteiger partial charge in [-0.05, 0) is 61.3 Å². The van der Waals surface area contributed by atoms with Crippen molar-refractivity contribution in [3.8, 4) is 11.5 Å². The van der Waals surface area contributed by atoms with Gasteiger partial charge in [-0.1, -0.05) is 31.9 Å². The van der Waals surface area contributed by atoms with Crippen molar-refractivity contribution < 1.29 is 19.8 Å². The maximum atomic E-state index is 13.0. The molecule has 4 rings (SSSR count). The zero-order chi connectivity index (χ0) is 19.1. The zero-order valence-electron chi connectivity index (χ0n) is 15.5. The summed E-state index contributed by atoms with van der Waals surface area (Å²) in [6, 6.07) is 7.97. The molecular weight excluding hydrogens is 340 g/mol. The van der Waals surface area contributed by atoms with Crippen molar-refractivity contribution in [2.45, 2.75) is 51.4 Å². The van der Waals surface area contributed by atoms with Crippen LogP contribution in [-0.2, 0) is 0 Å². The highest BCUT2D eigenvalue weighted by Crippen LogP contribution is 2.41. The minimum Gasteiger partial charge on any atom is -0.507 e. The minimum absolute atomic E-state index is 0.0868. The van der Waals surface area contributed by atoms with Crippen molar-refractivity contribution in [2.75, 3.05) is 0 Å². The van der Waals surface area contributed by atoms with Crippen LogP contribution in [0.3, 0.4) is 0 Å². The van der Waals surface area contributed by atoms with Crippen LogP contribution in [0.15, 0.2) is 30.3 Å². The van der Waals surface area contributed by atoms with Crippen molar-refractivity contribution in [1.82, 2.24) is 0 Å². The van der Waals surface area contributed by atoms with Crippen molar-refractivity contribution in [3.63, 3.8) is 0 Å². The van der Waals surface area contributed by atoms with E-state index in [1.54, 1.807) is 6.07 Å². The Morgan fingerprint density at radius 1 is 0.852 bits per heavy atom. The van der Waals surface area contributed by atoms with Gasteiger partial charge in [-0.25, -0.2) is 0 Å². The van der Waals surface area contributed by atoms with Gasteiger partial charge in [0.05, 0.1) is 11.1 Å². The van der Waals surface area contributed by atoms with Gasteiger partial charge in [-0.15, -0.1) is 0 Å². The number of benzene rings is 2. The topological polar surface area (TPSA) is 74.6 Å². The Kier molecular flexibility index (Phi) is 4.50. The molecule has 2 aliphatic carbocycles. The number of carbonyl (C=O) groups is 2. The standard InChI is InChI=1S/C23H24O4/c1-2-3-13-4-6-14(7-5-13)15-8-9-16-17(12-15)23(27)21-19(25)11-10-18(24)20(21)22(16)26/h8-14,24-25H,2-7H2,1H3. The summed E-state index contributed by atoms with van der Waals surface area (Å²) in [5, 5.41) is 20.1. The third-order valence-electron chi connectivity index (χ3n) is 6.16. The average Bonchev–Trinajstić information content (AvgIpc) is 2.68. The highest BCUT2D eigenvalue weighted by atomic mass is 16.3. The van der Waals surface area contributed by atoms with Gasteiger partial charge in [0.1, 0.15) is 11.5 Å². The van der Waals surface area contributed by atoms with E-state index in [2.05, 4.69) is 6.92 Å². The van der Waals surface area contributed by atoms with Gasteiger partial charge in [0.2, 0.25) is 0 Å². The van der Waals surface area contributed by atoms with E-state index in [0.29, 0.717) is 17.0 Å². The van der Waals surface area contributed by atoms with Gasteiger partial charge < -0.3 is 10.2 Å². The lowest BCUT2D eigenvalue weighted by atomic mass is 9.75. The summed E-state index contributed by atoms with van der Waals surface area (Å²) in [7, 11) is 0. The van der Waals surface area contributed by atoms with Gasteiger partial charge >= 0.3 is 0 Å². The molecule has 0 spiro atoms. The molecule has 4 nitrogen and oxygen atoms in total. The Bertz CT molecular complexity index is 920. The monoisotopic (exact) mass is 364 g/mol. The predicted molar refractivity (Wildman–Crippen MR) is 103 cm³/mol. The Hall–Kier alpha value is -2.62. The van der Waals surface area contributed by atoms with E-state index in [9.17, 15) is 19.8 Å². The minimum atomic E-state index is -0.411. The van der Waals surface area contributed by atoms with E-state index in [1.807, 2.05) is 12.1 Å². The first-order valence-corrected chi connectivity index (χ1v) is 9.79. The van der Waals surface area contributed by atoms with Crippen LogP contribution in [0.1, 0.15) is 88.8 Å². The second kappa shape index (κ2) is 6.84. The zero-order valence-corrected chi connectivity index (χ0v) is 15.5. The van der Waals surface area contributed by atoms with Crippen molar-refractivity contribution in [2.24, 2.45) is 5.92 Å². The highest BCUT2D eigenvalue weighted by Gasteiger charge is 2.35. The summed E-state index contributed by atoms with van der Waals surface area (Å²) in [5.41, 5.74) is 1.54. The fraction of sp³-hybridized carbons (Fsp3) is 0.391. The molecule has 0 saturated heterocycles. The number of fused-ring (bicyclic) bond motifs is 2. The molecule has 27 heavy (non-hydrogen) atoms. The molecule has 2 aromatic carbocycles. The van der Waals surface area contributed by atoms with Crippen molar-refractivity contribution >= 4 is 11.6 Å². The number of phenolic OH excluding ortho intramolecular Hbond substituents is 2. The Morgan fingerprint density at radius 3 is 2.04 bits per heavy atom. The third-order valence-corrected chi connectivity index (χ3v) is 6.16. The average molecular weight is 364 g/mol. The predicted octanol–water partition coefficient (Wildman–Crippen LogP) is 4.95. The molecule has 0 unspecified atom stereocenters. The van der Waals surface area contributed by atoms with E-state index in [0.717, 1.165) is 24.3 Å². The van der Waals surface area contributed by atoms with Crippen LogP contribution in [0.25, 0.3) is 0 Å². The number of carbonyl (C=O) groups excluding carboxylic acids is 2. The highest BCUT2D eigenvalue weighted by molar-refractivity contribution is 6.30. The van der Waals surface area contributed by atoms with Gasteiger partial charge in [0.25, 0.3) is 0 Å². The molecule has 0 radical (unpaired) electrons. The van der Waals surface area contributed by atoms with Crippen LogP contribution in [0, 0.1) is 5.92 Å². The number of phenols is 2. The van der Waals surface area contributed by atoms with E-state index in [1.165, 1.54) is 37.8 Å². The van der Waals surface area contributed by atoms with E-state index in [-0.39, 0.29) is 22.6 Å². The fourth-order valence-corrected chi connectivity index (χ4v) is 4.70. The van der Waals surface area contributed by atoms with Gasteiger partial charge in [-0.2, -0.15) is 0 Å². The largest absolute Gasteiger partial charge is 0.507 e. The molecule has 0 atom stereocenters. The molecule has 2 N–H and O–H groups in total. The molecular formula is C23H24O4. The second-order valence-corrected chi connectivity index (χ2v) is 7.82. The number of rotatable bonds is 3. The Morgan fingerprint density at radius 2 is 1.44 bits per heavy atom. The van der Waals surface area contributed by atoms with Crippen LogP contribution in [0.4, 0.5) is 0 Å². The van der Waals surface area contributed by atoms with E-state index < -0.39 is 11.6 Å². The van der Waals surface area contributed by atoms with E-state index >= 15 is 0 Å². The summed E-state index contributed by atoms with van der Waals surface area (Å²) >= 11 is 0. The number of hydrogen-bond acceptors (Lipinski definition) is 4. The summed E-state index contributed by atoms with van der Waals surface area (Å²) < 4.78 is 0. The molecule has 0 amide bonds. The van der Waals surface area contributed by atoms with Crippen molar-refractivity contribution in [3.05, 3.63) is 58.1 Å².